The van der Waals surface area contributed by atoms with Gasteiger partial charge in [0.05, 0.1) is 6.04 Å². The molecule has 0 saturated heterocycles. The Morgan fingerprint density at radius 1 is 1.47 bits per heavy atom. The molecule has 1 fully saturated rings. The first-order valence-electron chi connectivity index (χ1n) is 5.91. The molecule has 1 saturated carbocycles. The maximum absolute atomic E-state index is 6.14. The molecular weight excluding hydrogens is 188 g/mol. The van der Waals surface area contributed by atoms with Crippen LogP contribution in [0.3, 0.4) is 0 Å². The highest BCUT2D eigenvalue weighted by Crippen LogP contribution is 2.33. The summed E-state index contributed by atoms with van der Waals surface area (Å²) in [5, 5.41) is 4.21. The van der Waals surface area contributed by atoms with Crippen LogP contribution in [0, 0.1) is 5.92 Å². The minimum Gasteiger partial charge on any atom is -0.326 e. The molecule has 2 rings (SSSR count). The summed E-state index contributed by atoms with van der Waals surface area (Å²) in [6, 6.07) is 0.609. The molecule has 4 heteroatoms. The number of aromatic nitrogens is 3. The second-order valence-corrected chi connectivity index (χ2v) is 4.57. The van der Waals surface area contributed by atoms with Gasteiger partial charge in [-0.3, -0.25) is 0 Å². The first kappa shape index (κ1) is 10.6. The van der Waals surface area contributed by atoms with E-state index >= 15 is 0 Å². The summed E-state index contributed by atoms with van der Waals surface area (Å²) in [6.07, 6.45) is 9.53. The predicted molar refractivity (Wildman–Crippen MR) is 59.3 cm³/mol. The van der Waals surface area contributed by atoms with Gasteiger partial charge in [0.1, 0.15) is 12.7 Å². The highest BCUT2D eigenvalue weighted by molar-refractivity contribution is 4.86. The molecule has 1 heterocycles. The maximum atomic E-state index is 6.14. The lowest BCUT2D eigenvalue weighted by Gasteiger charge is -2.33. The van der Waals surface area contributed by atoms with E-state index in [4.69, 9.17) is 5.73 Å². The normalized spacial score (nSPS) is 31.7. The molecule has 2 N–H and O–H groups in total. The molecule has 1 aromatic rings. The van der Waals surface area contributed by atoms with E-state index in [0.717, 1.165) is 12.3 Å². The third-order valence-electron chi connectivity index (χ3n) is 3.45. The lowest BCUT2D eigenvalue weighted by atomic mass is 9.80. The minimum atomic E-state index is 0.250. The average molecular weight is 208 g/mol. The molecule has 3 atom stereocenters. The van der Waals surface area contributed by atoms with Gasteiger partial charge in [-0.1, -0.05) is 19.8 Å². The van der Waals surface area contributed by atoms with Gasteiger partial charge in [0, 0.05) is 6.04 Å². The molecule has 3 unspecified atom stereocenters. The van der Waals surface area contributed by atoms with Crippen LogP contribution in [0.1, 0.15) is 45.1 Å². The van der Waals surface area contributed by atoms with Crippen LogP contribution < -0.4 is 5.73 Å². The average Bonchev–Trinajstić information content (AvgIpc) is 2.74. The lowest BCUT2D eigenvalue weighted by Crippen LogP contribution is -2.38. The SMILES string of the molecule is CCCC1CCC(N)C(n2cncn2)C1. The fraction of sp³-hybridized carbons (Fsp3) is 0.818. The Hall–Kier alpha value is -0.900. The van der Waals surface area contributed by atoms with Crippen molar-refractivity contribution in [3.8, 4) is 0 Å². The van der Waals surface area contributed by atoms with Gasteiger partial charge in [-0.05, 0) is 25.2 Å². The van der Waals surface area contributed by atoms with Crippen LogP contribution in [-0.4, -0.2) is 20.8 Å². The van der Waals surface area contributed by atoms with Crippen molar-refractivity contribution in [1.82, 2.24) is 14.8 Å². The second kappa shape index (κ2) is 4.75. The van der Waals surface area contributed by atoms with Gasteiger partial charge >= 0.3 is 0 Å². The van der Waals surface area contributed by atoms with Gasteiger partial charge in [0.25, 0.3) is 0 Å². The molecule has 1 aromatic heterocycles. The molecular formula is C11H20N4. The Morgan fingerprint density at radius 3 is 3.00 bits per heavy atom. The minimum absolute atomic E-state index is 0.250. The van der Waals surface area contributed by atoms with Crippen molar-refractivity contribution in [2.45, 2.75) is 51.1 Å². The van der Waals surface area contributed by atoms with Crippen molar-refractivity contribution in [2.75, 3.05) is 0 Å². The molecule has 0 aliphatic heterocycles. The third kappa shape index (κ3) is 2.37. The quantitative estimate of drug-likeness (QED) is 0.823. The van der Waals surface area contributed by atoms with Crippen molar-refractivity contribution in [1.29, 1.82) is 0 Å². The van der Waals surface area contributed by atoms with E-state index in [1.54, 1.807) is 12.7 Å². The van der Waals surface area contributed by atoms with Crippen molar-refractivity contribution in [2.24, 2.45) is 11.7 Å². The summed E-state index contributed by atoms with van der Waals surface area (Å²) in [5.74, 6) is 0.823. The number of nitrogens with zero attached hydrogens (tertiary/aromatic N) is 3. The van der Waals surface area contributed by atoms with Gasteiger partial charge < -0.3 is 5.73 Å². The zero-order valence-electron chi connectivity index (χ0n) is 9.34. The molecule has 1 aliphatic carbocycles. The first-order chi connectivity index (χ1) is 7.31. The monoisotopic (exact) mass is 208 g/mol. The van der Waals surface area contributed by atoms with Gasteiger partial charge in [0.15, 0.2) is 0 Å². The van der Waals surface area contributed by atoms with E-state index in [9.17, 15) is 0 Å². The van der Waals surface area contributed by atoms with Crippen LogP contribution in [-0.2, 0) is 0 Å². The molecule has 84 valence electrons. The Kier molecular flexibility index (Phi) is 3.36. The topological polar surface area (TPSA) is 56.7 Å². The molecule has 0 spiro atoms. The van der Waals surface area contributed by atoms with Gasteiger partial charge in [-0.25, -0.2) is 9.67 Å². The summed E-state index contributed by atoms with van der Waals surface area (Å²) in [7, 11) is 0. The summed E-state index contributed by atoms with van der Waals surface area (Å²) in [6.45, 7) is 2.25. The highest BCUT2D eigenvalue weighted by atomic mass is 15.3. The van der Waals surface area contributed by atoms with Crippen molar-refractivity contribution >= 4 is 0 Å². The van der Waals surface area contributed by atoms with E-state index in [2.05, 4.69) is 17.0 Å². The lowest BCUT2D eigenvalue weighted by molar-refractivity contribution is 0.212. The van der Waals surface area contributed by atoms with Crippen molar-refractivity contribution in [3.63, 3.8) is 0 Å². The second-order valence-electron chi connectivity index (χ2n) is 4.57. The van der Waals surface area contributed by atoms with Crippen LogP contribution >= 0.6 is 0 Å². The largest absolute Gasteiger partial charge is 0.326 e. The zero-order chi connectivity index (χ0) is 10.7. The molecule has 0 bridgehead atoms. The standard InChI is InChI=1S/C11H20N4/c1-2-3-9-4-5-10(12)11(6-9)15-8-13-7-14-15/h7-11H,2-6,12H2,1H3. The van der Waals surface area contributed by atoms with Crippen molar-refractivity contribution in [3.05, 3.63) is 12.7 Å². The van der Waals surface area contributed by atoms with Crippen LogP contribution in [0.4, 0.5) is 0 Å². The number of rotatable bonds is 3. The van der Waals surface area contributed by atoms with Crippen LogP contribution in [0.25, 0.3) is 0 Å². The Labute approximate surface area is 90.9 Å². The third-order valence-corrected chi connectivity index (χ3v) is 3.45. The van der Waals surface area contributed by atoms with E-state index < -0.39 is 0 Å². The van der Waals surface area contributed by atoms with E-state index in [0.29, 0.717) is 6.04 Å². The molecule has 4 nitrogen and oxygen atoms in total. The van der Waals surface area contributed by atoms with Gasteiger partial charge in [-0.15, -0.1) is 0 Å². The van der Waals surface area contributed by atoms with Gasteiger partial charge in [0.2, 0.25) is 0 Å². The fourth-order valence-electron chi connectivity index (χ4n) is 2.62. The fourth-order valence-corrected chi connectivity index (χ4v) is 2.62. The zero-order valence-corrected chi connectivity index (χ0v) is 9.34. The maximum Gasteiger partial charge on any atom is 0.137 e. The molecule has 0 radical (unpaired) electrons. The van der Waals surface area contributed by atoms with E-state index in [1.807, 2.05) is 4.68 Å². The molecule has 0 amide bonds. The molecule has 1 aliphatic rings. The smallest absolute Gasteiger partial charge is 0.137 e. The number of nitrogens with two attached hydrogens (primary N) is 1. The number of hydrogen-bond donors (Lipinski definition) is 1. The summed E-state index contributed by atoms with van der Waals surface area (Å²) in [5.41, 5.74) is 6.14. The Morgan fingerprint density at radius 2 is 2.33 bits per heavy atom. The van der Waals surface area contributed by atoms with Gasteiger partial charge in [-0.2, -0.15) is 5.10 Å². The first-order valence-corrected chi connectivity index (χ1v) is 5.91. The highest BCUT2D eigenvalue weighted by Gasteiger charge is 2.29. The molecule has 0 aromatic carbocycles. The summed E-state index contributed by atoms with van der Waals surface area (Å²) < 4.78 is 1.94. The van der Waals surface area contributed by atoms with Crippen LogP contribution in [0.2, 0.25) is 0 Å². The van der Waals surface area contributed by atoms with Crippen LogP contribution in [0.15, 0.2) is 12.7 Å². The van der Waals surface area contributed by atoms with E-state index in [1.165, 1.54) is 25.7 Å². The van der Waals surface area contributed by atoms with Crippen LogP contribution in [0.5, 0.6) is 0 Å². The Bertz CT molecular complexity index is 283. The summed E-state index contributed by atoms with van der Waals surface area (Å²) >= 11 is 0. The van der Waals surface area contributed by atoms with E-state index in [-0.39, 0.29) is 6.04 Å². The number of hydrogen-bond acceptors (Lipinski definition) is 3. The molecule has 15 heavy (non-hydrogen) atoms. The van der Waals surface area contributed by atoms with Crippen molar-refractivity contribution < 1.29 is 0 Å². The summed E-state index contributed by atoms with van der Waals surface area (Å²) in [4.78, 5) is 4.00. The predicted octanol–water partition coefficient (Wildman–Crippen LogP) is 1.75. The Balaban J connectivity index is 2.02.